The molecule has 10 nitrogen and oxygen atoms in total. The summed E-state index contributed by atoms with van der Waals surface area (Å²) in [5.74, 6) is -3.83. The number of carboxylic acid groups (broad SMARTS) is 2. The van der Waals surface area contributed by atoms with Gasteiger partial charge in [0, 0.05) is 55.4 Å². The molecule has 1 heterocycles. The molecule has 0 bridgehead atoms. The SMILES string of the molecule is CCC(OC(=O)C(O)(CC(=O)O)CC(=O)O)(c1ccc(OCCCN2CCN(Cc3ccccc3)CC2)cc1)c1cccc(Cl)c1. The molecule has 11 heteroatoms. The maximum Gasteiger partial charge on any atom is 0.340 e. The Morgan fingerprint density at radius 3 is 2.04 bits per heavy atom. The first kappa shape index (κ1) is 34.9. The van der Waals surface area contributed by atoms with Crippen LogP contribution >= 0.6 is 11.6 Å². The van der Waals surface area contributed by atoms with Gasteiger partial charge in [-0.15, -0.1) is 0 Å². The maximum atomic E-state index is 13.4. The average Bonchev–Trinajstić information content (AvgIpc) is 3.03. The minimum absolute atomic E-state index is 0.175. The normalized spacial score (nSPS) is 15.5. The summed E-state index contributed by atoms with van der Waals surface area (Å²) in [6.07, 6.45) is -1.24. The van der Waals surface area contributed by atoms with Crippen molar-refractivity contribution in [2.45, 2.75) is 50.4 Å². The number of carbonyl (C=O) groups excluding carboxylic acids is 1. The van der Waals surface area contributed by atoms with Crippen LogP contribution in [0, 0.1) is 0 Å². The van der Waals surface area contributed by atoms with E-state index < -0.39 is 42.0 Å². The van der Waals surface area contributed by atoms with Crippen molar-refractivity contribution in [1.82, 2.24) is 9.80 Å². The fourth-order valence-electron chi connectivity index (χ4n) is 5.78. The number of esters is 1. The predicted molar refractivity (Wildman–Crippen MR) is 173 cm³/mol. The summed E-state index contributed by atoms with van der Waals surface area (Å²) in [6.45, 7) is 8.24. The van der Waals surface area contributed by atoms with Crippen LogP contribution in [0.4, 0.5) is 0 Å². The lowest BCUT2D eigenvalue weighted by Crippen LogP contribution is -2.48. The smallest absolute Gasteiger partial charge is 0.340 e. The van der Waals surface area contributed by atoms with Crippen molar-refractivity contribution in [3.63, 3.8) is 0 Å². The summed E-state index contributed by atoms with van der Waals surface area (Å²) in [4.78, 5) is 41.1. The van der Waals surface area contributed by atoms with Crippen molar-refractivity contribution in [3.8, 4) is 5.75 Å². The Bertz CT molecular complexity index is 1440. The monoisotopic (exact) mass is 652 g/mol. The first-order chi connectivity index (χ1) is 22.0. The first-order valence-corrected chi connectivity index (χ1v) is 15.8. The summed E-state index contributed by atoms with van der Waals surface area (Å²) in [7, 11) is 0. The molecule has 0 spiro atoms. The second-order valence-corrected chi connectivity index (χ2v) is 12.0. The molecular formula is C35H41ClN2O8. The number of piperazine rings is 1. The number of ether oxygens (including phenoxy) is 2. The third-order valence-electron chi connectivity index (χ3n) is 8.25. The minimum atomic E-state index is -2.78. The van der Waals surface area contributed by atoms with Crippen molar-refractivity contribution in [2.24, 2.45) is 0 Å². The second-order valence-electron chi connectivity index (χ2n) is 11.6. The number of carbonyl (C=O) groups is 3. The van der Waals surface area contributed by atoms with E-state index in [1.54, 1.807) is 55.5 Å². The highest BCUT2D eigenvalue weighted by Crippen LogP contribution is 2.40. The highest BCUT2D eigenvalue weighted by atomic mass is 35.5. The zero-order valence-corrected chi connectivity index (χ0v) is 26.7. The lowest BCUT2D eigenvalue weighted by atomic mass is 9.83. The van der Waals surface area contributed by atoms with Crippen molar-refractivity contribution in [1.29, 1.82) is 0 Å². The third kappa shape index (κ3) is 9.29. The van der Waals surface area contributed by atoms with Gasteiger partial charge in [0.15, 0.2) is 11.2 Å². The Morgan fingerprint density at radius 1 is 0.826 bits per heavy atom. The molecule has 1 saturated heterocycles. The molecule has 4 rings (SSSR count). The zero-order valence-electron chi connectivity index (χ0n) is 25.9. The summed E-state index contributed by atoms with van der Waals surface area (Å²) >= 11 is 6.28. The van der Waals surface area contributed by atoms with Crippen LogP contribution in [0.25, 0.3) is 0 Å². The molecule has 3 N–H and O–H groups in total. The summed E-state index contributed by atoms with van der Waals surface area (Å²) in [5.41, 5.74) is -1.97. The fraction of sp³-hybridized carbons (Fsp3) is 0.400. The van der Waals surface area contributed by atoms with Gasteiger partial charge in [0.05, 0.1) is 19.4 Å². The van der Waals surface area contributed by atoms with Gasteiger partial charge in [-0.3, -0.25) is 14.5 Å². The van der Waals surface area contributed by atoms with E-state index in [2.05, 4.69) is 34.1 Å². The highest BCUT2D eigenvalue weighted by Gasteiger charge is 2.47. The molecule has 1 unspecified atom stereocenters. The van der Waals surface area contributed by atoms with Crippen LogP contribution in [0.2, 0.25) is 5.02 Å². The van der Waals surface area contributed by atoms with E-state index in [4.69, 9.17) is 21.1 Å². The van der Waals surface area contributed by atoms with Gasteiger partial charge in [0.25, 0.3) is 0 Å². The Kier molecular flexibility index (Phi) is 12.2. The van der Waals surface area contributed by atoms with E-state index in [-0.39, 0.29) is 6.42 Å². The number of aliphatic carboxylic acids is 2. The molecule has 0 aliphatic carbocycles. The number of aliphatic hydroxyl groups is 1. The van der Waals surface area contributed by atoms with Crippen LogP contribution < -0.4 is 4.74 Å². The molecule has 0 saturated carbocycles. The third-order valence-corrected chi connectivity index (χ3v) is 8.48. The van der Waals surface area contributed by atoms with Crippen LogP contribution in [-0.4, -0.2) is 88.0 Å². The predicted octanol–water partition coefficient (Wildman–Crippen LogP) is 4.80. The number of benzene rings is 3. The lowest BCUT2D eigenvalue weighted by Gasteiger charge is -2.36. The number of nitrogens with zero attached hydrogens (tertiary/aromatic N) is 2. The molecule has 246 valence electrons. The van der Waals surface area contributed by atoms with Gasteiger partial charge in [-0.1, -0.05) is 73.1 Å². The van der Waals surface area contributed by atoms with Crippen LogP contribution in [0.5, 0.6) is 5.75 Å². The largest absolute Gasteiger partial charge is 0.494 e. The van der Waals surface area contributed by atoms with Crippen LogP contribution in [0.1, 0.15) is 49.3 Å². The zero-order chi connectivity index (χ0) is 33.2. The Hall–Kier alpha value is -3.96. The van der Waals surface area contributed by atoms with E-state index in [0.29, 0.717) is 28.5 Å². The van der Waals surface area contributed by atoms with Gasteiger partial charge in [0.2, 0.25) is 0 Å². The molecule has 1 fully saturated rings. The number of halogens is 1. The van der Waals surface area contributed by atoms with Gasteiger partial charge in [-0.2, -0.15) is 0 Å². The molecule has 1 aliphatic heterocycles. The van der Waals surface area contributed by atoms with E-state index >= 15 is 0 Å². The van der Waals surface area contributed by atoms with Crippen molar-refractivity contribution in [3.05, 3.63) is 101 Å². The molecule has 46 heavy (non-hydrogen) atoms. The Labute approximate surface area is 274 Å². The first-order valence-electron chi connectivity index (χ1n) is 15.4. The number of hydrogen-bond donors (Lipinski definition) is 3. The Morgan fingerprint density at radius 2 is 1.46 bits per heavy atom. The topological polar surface area (TPSA) is 137 Å². The maximum absolute atomic E-state index is 13.4. The van der Waals surface area contributed by atoms with E-state index in [1.807, 2.05) is 6.07 Å². The van der Waals surface area contributed by atoms with Crippen molar-refractivity contribution >= 4 is 29.5 Å². The average molecular weight is 653 g/mol. The molecule has 1 atom stereocenters. The van der Waals surface area contributed by atoms with Gasteiger partial charge >= 0.3 is 17.9 Å². The molecule has 0 aromatic heterocycles. The number of carboxylic acids is 2. The van der Waals surface area contributed by atoms with E-state index in [1.165, 1.54) is 5.56 Å². The highest BCUT2D eigenvalue weighted by molar-refractivity contribution is 6.30. The molecule has 0 amide bonds. The van der Waals surface area contributed by atoms with Gasteiger partial charge in [0.1, 0.15) is 5.75 Å². The van der Waals surface area contributed by atoms with E-state index in [9.17, 15) is 29.7 Å². The van der Waals surface area contributed by atoms with Gasteiger partial charge < -0.3 is 29.7 Å². The summed E-state index contributed by atoms with van der Waals surface area (Å²) in [6, 6.07) is 24.1. The minimum Gasteiger partial charge on any atom is -0.494 e. The van der Waals surface area contributed by atoms with Crippen LogP contribution in [0.15, 0.2) is 78.9 Å². The standard InChI is InChI=1S/C35H41ClN2O8/c1-2-35(28-10-6-11-29(36)22-28,46-33(43)34(44,23-31(39)40)24-32(41)42)27-12-14-30(15-13-27)45-21-7-16-37-17-19-38(20-18-37)25-26-8-4-3-5-9-26/h3-6,8-15,22,44H,2,7,16-21,23-25H2,1H3,(H,39,40)(H,41,42). The van der Waals surface area contributed by atoms with Crippen LogP contribution in [0.3, 0.4) is 0 Å². The molecule has 0 radical (unpaired) electrons. The number of rotatable bonds is 16. The lowest BCUT2D eigenvalue weighted by molar-refractivity contribution is -0.186. The van der Waals surface area contributed by atoms with E-state index in [0.717, 1.165) is 45.7 Å². The van der Waals surface area contributed by atoms with Gasteiger partial charge in [-0.25, -0.2) is 4.79 Å². The molecule has 1 aliphatic rings. The van der Waals surface area contributed by atoms with Crippen LogP contribution in [-0.2, 0) is 31.3 Å². The molecular weight excluding hydrogens is 612 g/mol. The second kappa shape index (κ2) is 16.0. The van der Waals surface area contributed by atoms with Crippen molar-refractivity contribution < 1.29 is 39.2 Å². The van der Waals surface area contributed by atoms with Crippen molar-refractivity contribution in [2.75, 3.05) is 39.3 Å². The fourth-order valence-corrected chi connectivity index (χ4v) is 5.97. The molecule has 3 aromatic rings. The number of hydrogen-bond acceptors (Lipinski definition) is 8. The molecule has 3 aromatic carbocycles. The van der Waals surface area contributed by atoms with Gasteiger partial charge in [-0.05, 0) is 42.7 Å². The summed E-state index contributed by atoms with van der Waals surface area (Å²) in [5, 5.41) is 29.8. The Balaban J connectivity index is 1.39. The summed E-state index contributed by atoms with van der Waals surface area (Å²) < 4.78 is 11.9. The quantitative estimate of drug-likeness (QED) is 0.146.